The summed E-state index contributed by atoms with van der Waals surface area (Å²) in [4.78, 5) is 23.9. The number of aryl methyl sites for hydroxylation is 1. The van der Waals surface area contributed by atoms with Crippen molar-refractivity contribution in [1.82, 2.24) is 0 Å². The molecule has 19 heavy (non-hydrogen) atoms. The summed E-state index contributed by atoms with van der Waals surface area (Å²) in [7, 11) is -0.381. The van der Waals surface area contributed by atoms with E-state index in [2.05, 4.69) is 0 Å². The van der Waals surface area contributed by atoms with E-state index in [-0.39, 0.29) is 10.7 Å². The summed E-state index contributed by atoms with van der Waals surface area (Å²) in [5.74, 6) is -0.990. The number of allylic oxidation sites excluding steroid dienone is 3. The van der Waals surface area contributed by atoms with E-state index in [1.807, 2.05) is 6.92 Å². The van der Waals surface area contributed by atoms with Crippen molar-refractivity contribution in [2.45, 2.75) is 11.8 Å². The monoisotopic (exact) mass is 276 g/mol. The molecule has 0 aliphatic heterocycles. The maximum atomic E-state index is 12.3. The van der Waals surface area contributed by atoms with Crippen LogP contribution in [0.15, 0.2) is 52.0 Å². The average Bonchev–Trinajstić information content (AvgIpc) is 2.41. The maximum Gasteiger partial charge on any atom is 0.237 e. The molecule has 98 valence electrons. The van der Waals surface area contributed by atoms with Crippen LogP contribution in [0.25, 0.3) is 0 Å². The van der Waals surface area contributed by atoms with Gasteiger partial charge in [0.2, 0.25) is 5.78 Å². The Balaban J connectivity index is 2.36. The lowest BCUT2D eigenvalue weighted by molar-refractivity contribution is -0.117. The van der Waals surface area contributed by atoms with Crippen LogP contribution in [0.1, 0.15) is 5.56 Å². The van der Waals surface area contributed by atoms with Gasteiger partial charge in [-0.1, -0.05) is 17.7 Å². The van der Waals surface area contributed by atoms with Crippen LogP contribution in [0.5, 0.6) is 0 Å². The molecular weight excluding hydrogens is 264 g/mol. The van der Waals surface area contributed by atoms with Gasteiger partial charge in [-0.2, -0.15) is 0 Å². The van der Waals surface area contributed by atoms with E-state index in [4.69, 9.17) is 4.74 Å². The van der Waals surface area contributed by atoms with Crippen LogP contribution in [-0.2, 0) is 25.1 Å². The second kappa shape index (κ2) is 5.32. The Kier molecular flexibility index (Phi) is 3.76. The molecule has 1 aliphatic carbocycles. The molecule has 5 heteroatoms. The fourth-order valence-electron chi connectivity index (χ4n) is 1.63. The minimum Gasteiger partial charge on any atom is -0.492 e. The third kappa shape index (κ3) is 2.71. The molecule has 0 fully saturated rings. The highest BCUT2D eigenvalue weighted by Gasteiger charge is 2.27. The Morgan fingerprint density at radius 2 is 1.68 bits per heavy atom. The van der Waals surface area contributed by atoms with Crippen LogP contribution in [0.2, 0.25) is 0 Å². The van der Waals surface area contributed by atoms with Crippen molar-refractivity contribution in [3.8, 4) is 0 Å². The molecule has 0 saturated carbocycles. The number of carbonyl (C=O) groups excluding carboxylic acids is 2. The fraction of sp³-hybridized carbons (Fsp3) is 0.143. The van der Waals surface area contributed by atoms with Crippen molar-refractivity contribution in [3.05, 3.63) is 52.6 Å². The lowest BCUT2D eigenvalue weighted by atomic mass is 10.1. The van der Waals surface area contributed by atoms with Gasteiger partial charge >= 0.3 is 0 Å². The maximum absolute atomic E-state index is 12.3. The van der Waals surface area contributed by atoms with Gasteiger partial charge in [0.05, 0.1) is 22.8 Å². The summed E-state index contributed by atoms with van der Waals surface area (Å²) in [5, 5.41) is 0. The minimum atomic E-state index is -1.68. The van der Waals surface area contributed by atoms with Gasteiger partial charge in [0.1, 0.15) is 0 Å². The van der Waals surface area contributed by atoms with Crippen LogP contribution in [0.4, 0.5) is 0 Å². The van der Waals surface area contributed by atoms with Crippen molar-refractivity contribution in [3.63, 3.8) is 0 Å². The number of carbonyl (C=O) groups is 2. The quantitative estimate of drug-likeness (QED) is 0.788. The first-order valence-electron chi connectivity index (χ1n) is 5.57. The molecule has 0 N–H and O–H groups in total. The SMILES string of the molecule is COC1=CC(=O)C=C(S(=O)c2ccc(C)cc2)C1=O. The number of hydrogen-bond acceptors (Lipinski definition) is 4. The molecule has 0 bridgehead atoms. The van der Waals surface area contributed by atoms with E-state index in [0.29, 0.717) is 4.90 Å². The van der Waals surface area contributed by atoms with E-state index in [1.165, 1.54) is 7.11 Å². The van der Waals surface area contributed by atoms with Gasteiger partial charge in [0.15, 0.2) is 11.5 Å². The normalized spacial score (nSPS) is 16.7. The van der Waals surface area contributed by atoms with Gasteiger partial charge in [-0.15, -0.1) is 0 Å². The molecule has 4 nitrogen and oxygen atoms in total. The second-order valence-corrected chi connectivity index (χ2v) is 5.48. The van der Waals surface area contributed by atoms with Crippen LogP contribution in [0.3, 0.4) is 0 Å². The number of ether oxygens (including phenoxy) is 1. The van der Waals surface area contributed by atoms with Crippen LogP contribution in [-0.4, -0.2) is 22.9 Å². The Hall–Kier alpha value is -2.01. The number of Topliss-reactive ketones (excluding diaryl/α,β-unsaturated/α-hetero) is 1. The van der Waals surface area contributed by atoms with Gasteiger partial charge < -0.3 is 4.74 Å². The lowest BCUT2D eigenvalue weighted by Gasteiger charge is -2.12. The summed E-state index contributed by atoms with van der Waals surface area (Å²) in [6.45, 7) is 1.91. The number of methoxy groups -OCH3 is 1. The average molecular weight is 276 g/mol. The summed E-state index contributed by atoms with van der Waals surface area (Å²) < 4.78 is 17.1. The van der Waals surface area contributed by atoms with Crippen molar-refractivity contribution in [2.75, 3.05) is 7.11 Å². The highest BCUT2D eigenvalue weighted by Crippen LogP contribution is 2.22. The molecule has 0 radical (unpaired) electrons. The molecule has 1 atom stereocenters. The predicted molar refractivity (Wildman–Crippen MR) is 70.8 cm³/mol. The van der Waals surface area contributed by atoms with E-state index >= 15 is 0 Å². The van der Waals surface area contributed by atoms with Crippen molar-refractivity contribution < 1.29 is 18.5 Å². The molecule has 0 spiro atoms. The first-order chi connectivity index (χ1) is 9.02. The molecule has 0 saturated heterocycles. The zero-order chi connectivity index (χ0) is 14.0. The van der Waals surface area contributed by atoms with Crippen molar-refractivity contribution >= 4 is 22.4 Å². The molecule has 0 heterocycles. The summed E-state index contributed by atoms with van der Waals surface area (Å²) >= 11 is 0. The molecule has 2 rings (SSSR count). The molecule has 1 aliphatic rings. The van der Waals surface area contributed by atoms with Crippen LogP contribution in [0, 0.1) is 6.92 Å². The van der Waals surface area contributed by atoms with E-state index in [0.717, 1.165) is 17.7 Å². The molecule has 0 amide bonds. The summed E-state index contributed by atoms with van der Waals surface area (Å²) in [6, 6.07) is 6.95. The standard InChI is InChI=1S/C14H12O4S/c1-9-3-5-11(6-4-9)19(17)13-8-10(15)7-12(18-2)14(13)16/h3-8H,1-2H3. The van der Waals surface area contributed by atoms with E-state index < -0.39 is 22.4 Å². The van der Waals surface area contributed by atoms with Gasteiger partial charge in [0.25, 0.3) is 0 Å². The first-order valence-corrected chi connectivity index (χ1v) is 6.72. The number of benzene rings is 1. The summed E-state index contributed by atoms with van der Waals surface area (Å²) in [6.07, 6.45) is 2.19. The smallest absolute Gasteiger partial charge is 0.237 e. The highest BCUT2D eigenvalue weighted by molar-refractivity contribution is 7.90. The van der Waals surface area contributed by atoms with Crippen molar-refractivity contribution in [1.29, 1.82) is 0 Å². The minimum absolute atomic E-state index is 0.0480. The van der Waals surface area contributed by atoms with Crippen molar-refractivity contribution in [2.24, 2.45) is 0 Å². The van der Waals surface area contributed by atoms with Gasteiger partial charge in [-0.05, 0) is 19.1 Å². The summed E-state index contributed by atoms with van der Waals surface area (Å²) in [5.41, 5.74) is 1.03. The molecular formula is C14H12O4S. The topological polar surface area (TPSA) is 60.4 Å². The van der Waals surface area contributed by atoms with Gasteiger partial charge in [0, 0.05) is 17.0 Å². The zero-order valence-corrected chi connectivity index (χ0v) is 11.3. The lowest BCUT2D eigenvalue weighted by Crippen LogP contribution is -2.18. The van der Waals surface area contributed by atoms with Gasteiger partial charge in [-0.3, -0.25) is 9.59 Å². The predicted octanol–water partition coefficient (Wildman–Crippen LogP) is 1.67. The second-order valence-electron chi connectivity index (χ2n) is 4.03. The number of hydrogen-bond donors (Lipinski definition) is 0. The molecule has 1 unspecified atom stereocenters. The molecule has 1 aromatic carbocycles. The third-order valence-electron chi connectivity index (χ3n) is 2.65. The third-order valence-corrected chi connectivity index (χ3v) is 4.05. The van der Waals surface area contributed by atoms with Gasteiger partial charge in [-0.25, -0.2) is 4.21 Å². The highest BCUT2D eigenvalue weighted by atomic mass is 32.2. The fourth-order valence-corrected chi connectivity index (χ4v) is 2.76. The number of ketones is 2. The first kappa shape index (κ1) is 13.4. The largest absolute Gasteiger partial charge is 0.492 e. The van der Waals surface area contributed by atoms with E-state index in [1.54, 1.807) is 24.3 Å². The Morgan fingerprint density at radius 3 is 2.26 bits per heavy atom. The number of rotatable bonds is 3. The Labute approximate surface area is 113 Å². The molecule has 1 aromatic rings. The van der Waals surface area contributed by atoms with Crippen LogP contribution >= 0.6 is 0 Å². The Bertz CT molecular complexity index is 623. The van der Waals surface area contributed by atoms with Crippen LogP contribution < -0.4 is 0 Å². The zero-order valence-electron chi connectivity index (χ0n) is 10.5. The van der Waals surface area contributed by atoms with E-state index in [9.17, 15) is 13.8 Å². The molecule has 0 aromatic heterocycles. The Morgan fingerprint density at radius 1 is 1.05 bits per heavy atom.